The number of carbonyl (C=O) groups excluding carboxylic acids is 2. The van der Waals surface area contributed by atoms with Gasteiger partial charge in [-0.2, -0.15) is 0 Å². The highest BCUT2D eigenvalue weighted by Gasteiger charge is 2.32. The second-order valence-corrected chi connectivity index (χ2v) is 11.3. The first-order valence-corrected chi connectivity index (χ1v) is 14.6. The summed E-state index contributed by atoms with van der Waals surface area (Å²) < 4.78 is 34.0. The molecule has 0 spiro atoms. The van der Waals surface area contributed by atoms with Crippen LogP contribution in [0, 0.1) is 0 Å². The third kappa shape index (κ3) is 7.65. The Labute approximate surface area is 239 Å². The fourth-order valence-electron chi connectivity index (χ4n) is 3.86. The molecule has 0 unspecified atom stereocenters. The number of amides is 2. The fraction of sp³-hybridized carbons (Fsp3) is 0.286. The van der Waals surface area contributed by atoms with Crippen molar-refractivity contribution < 1.29 is 22.7 Å². The number of nitrogens with zero attached hydrogens (tertiary/aromatic N) is 2. The summed E-state index contributed by atoms with van der Waals surface area (Å²) in [6.07, 6.45) is 0. The maximum atomic E-state index is 13.9. The summed E-state index contributed by atoms with van der Waals surface area (Å²) >= 11 is 12.4. The van der Waals surface area contributed by atoms with Crippen molar-refractivity contribution in [3.8, 4) is 5.75 Å². The van der Waals surface area contributed by atoms with Gasteiger partial charge in [0.25, 0.3) is 10.0 Å². The van der Waals surface area contributed by atoms with Gasteiger partial charge in [0.1, 0.15) is 18.3 Å². The summed E-state index contributed by atoms with van der Waals surface area (Å²) in [7, 11) is -4.15. The van der Waals surface area contributed by atoms with Crippen LogP contribution in [0.2, 0.25) is 10.0 Å². The highest BCUT2D eigenvalue weighted by atomic mass is 35.5. The zero-order valence-electron chi connectivity index (χ0n) is 21.9. The number of hydrogen-bond donors (Lipinski definition) is 1. The number of benzene rings is 3. The van der Waals surface area contributed by atoms with E-state index in [1.54, 1.807) is 74.5 Å². The van der Waals surface area contributed by atoms with Gasteiger partial charge in [-0.25, -0.2) is 8.42 Å². The average molecular weight is 593 g/mol. The standard InChI is InChI=1S/C28H31Cl2N3O5S/c1-4-31-28(35)20(3)32(18-21-11-12-22(29)17-26(21)30)27(34)19-33(23-13-15-24(16-14-23)38-5-2)39(36,37)25-9-7-6-8-10-25/h6-17,20H,4-5,18-19H2,1-3H3,(H,31,35)/t20-/m0/s1. The molecule has 0 saturated carbocycles. The Kier molecular flexibility index (Phi) is 10.6. The minimum Gasteiger partial charge on any atom is -0.494 e. The number of anilines is 1. The number of sulfonamides is 1. The maximum absolute atomic E-state index is 13.9. The van der Waals surface area contributed by atoms with E-state index in [-0.39, 0.29) is 23.0 Å². The van der Waals surface area contributed by atoms with Gasteiger partial charge >= 0.3 is 0 Å². The number of likely N-dealkylation sites (N-methyl/N-ethyl adjacent to an activating group) is 1. The smallest absolute Gasteiger partial charge is 0.264 e. The Morgan fingerprint density at radius 3 is 2.23 bits per heavy atom. The van der Waals surface area contributed by atoms with Gasteiger partial charge in [0, 0.05) is 23.1 Å². The van der Waals surface area contributed by atoms with Crippen molar-refractivity contribution >= 4 is 50.7 Å². The molecule has 0 aliphatic carbocycles. The van der Waals surface area contributed by atoms with Gasteiger partial charge in [0.15, 0.2) is 0 Å². The van der Waals surface area contributed by atoms with E-state index in [1.165, 1.54) is 17.0 Å². The minimum atomic E-state index is -4.15. The summed E-state index contributed by atoms with van der Waals surface area (Å²) in [5.74, 6) is -0.406. The third-order valence-corrected chi connectivity index (χ3v) is 8.29. The predicted octanol–water partition coefficient (Wildman–Crippen LogP) is 5.14. The molecule has 208 valence electrons. The van der Waals surface area contributed by atoms with E-state index in [1.807, 2.05) is 6.92 Å². The Morgan fingerprint density at radius 1 is 0.974 bits per heavy atom. The van der Waals surface area contributed by atoms with Gasteiger partial charge in [-0.1, -0.05) is 47.5 Å². The Bertz CT molecular complexity index is 1390. The number of carbonyl (C=O) groups is 2. The van der Waals surface area contributed by atoms with Gasteiger partial charge in [-0.3, -0.25) is 13.9 Å². The molecule has 0 bridgehead atoms. The molecule has 3 aromatic carbocycles. The van der Waals surface area contributed by atoms with Gasteiger partial charge in [-0.05, 0) is 74.9 Å². The quantitative estimate of drug-likeness (QED) is 0.314. The summed E-state index contributed by atoms with van der Waals surface area (Å²) in [6.45, 7) is 5.43. The second kappa shape index (κ2) is 13.7. The Hall–Kier alpha value is -3.27. The van der Waals surface area contributed by atoms with Crippen molar-refractivity contribution in [2.24, 2.45) is 0 Å². The molecule has 39 heavy (non-hydrogen) atoms. The first-order valence-electron chi connectivity index (χ1n) is 12.4. The highest BCUT2D eigenvalue weighted by Crippen LogP contribution is 2.27. The molecule has 1 N–H and O–H groups in total. The molecule has 0 aliphatic rings. The van der Waals surface area contributed by atoms with Crippen LogP contribution >= 0.6 is 23.2 Å². The molecule has 0 saturated heterocycles. The van der Waals surface area contributed by atoms with Gasteiger partial charge < -0.3 is 15.0 Å². The van der Waals surface area contributed by atoms with Crippen LogP contribution < -0.4 is 14.4 Å². The molecule has 0 fully saturated rings. The van der Waals surface area contributed by atoms with E-state index in [4.69, 9.17) is 27.9 Å². The van der Waals surface area contributed by atoms with Crippen LogP contribution in [0.15, 0.2) is 77.7 Å². The Balaban J connectivity index is 2.03. The minimum absolute atomic E-state index is 0.0238. The molecule has 2 amide bonds. The van der Waals surface area contributed by atoms with Crippen molar-refractivity contribution in [1.29, 1.82) is 0 Å². The number of rotatable bonds is 12. The molecule has 11 heteroatoms. The van der Waals surface area contributed by atoms with Crippen LogP contribution in [0.1, 0.15) is 26.3 Å². The fourth-order valence-corrected chi connectivity index (χ4v) is 5.77. The van der Waals surface area contributed by atoms with Gasteiger partial charge in [-0.15, -0.1) is 0 Å². The molecule has 0 heterocycles. The lowest BCUT2D eigenvalue weighted by atomic mass is 10.1. The molecular weight excluding hydrogens is 561 g/mol. The molecular formula is C28H31Cl2N3O5S. The zero-order chi connectivity index (χ0) is 28.6. The molecule has 0 aromatic heterocycles. The first-order chi connectivity index (χ1) is 18.6. The predicted molar refractivity (Wildman–Crippen MR) is 154 cm³/mol. The maximum Gasteiger partial charge on any atom is 0.264 e. The van der Waals surface area contributed by atoms with E-state index >= 15 is 0 Å². The number of ether oxygens (including phenoxy) is 1. The van der Waals surface area contributed by atoms with E-state index < -0.39 is 28.5 Å². The lowest BCUT2D eigenvalue weighted by Crippen LogP contribution is -2.51. The molecule has 3 aromatic rings. The van der Waals surface area contributed by atoms with Crippen molar-refractivity contribution in [2.75, 3.05) is 24.0 Å². The molecule has 0 radical (unpaired) electrons. The monoisotopic (exact) mass is 591 g/mol. The third-order valence-electron chi connectivity index (χ3n) is 5.92. The van der Waals surface area contributed by atoms with E-state index in [9.17, 15) is 18.0 Å². The van der Waals surface area contributed by atoms with Crippen LogP contribution in [0.5, 0.6) is 5.75 Å². The van der Waals surface area contributed by atoms with Crippen LogP contribution in [0.3, 0.4) is 0 Å². The SMILES string of the molecule is CCNC(=O)[C@H](C)N(Cc1ccc(Cl)cc1Cl)C(=O)CN(c1ccc(OCC)cc1)S(=O)(=O)c1ccccc1. The Morgan fingerprint density at radius 2 is 1.64 bits per heavy atom. The van der Waals surface area contributed by atoms with E-state index in [0.717, 1.165) is 4.31 Å². The molecule has 1 atom stereocenters. The van der Waals surface area contributed by atoms with Crippen molar-refractivity contribution in [2.45, 2.75) is 38.3 Å². The van der Waals surface area contributed by atoms with Crippen LogP contribution in [-0.2, 0) is 26.2 Å². The number of nitrogens with one attached hydrogen (secondary N) is 1. The lowest BCUT2D eigenvalue weighted by molar-refractivity contribution is -0.139. The van der Waals surface area contributed by atoms with Crippen molar-refractivity contribution in [3.63, 3.8) is 0 Å². The molecule has 3 rings (SSSR count). The molecule has 8 nitrogen and oxygen atoms in total. The zero-order valence-corrected chi connectivity index (χ0v) is 24.3. The first kappa shape index (κ1) is 30.3. The van der Waals surface area contributed by atoms with E-state index in [0.29, 0.717) is 34.5 Å². The van der Waals surface area contributed by atoms with Crippen molar-refractivity contribution in [3.05, 3.63) is 88.4 Å². The van der Waals surface area contributed by atoms with Crippen LogP contribution in [-0.4, -0.2) is 50.9 Å². The lowest BCUT2D eigenvalue weighted by Gasteiger charge is -2.32. The normalized spacial score (nSPS) is 11.9. The number of halogens is 2. The van der Waals surface area contributed by atoms with Gasteiger partial charge in [0.05, 0.1) is 17.2 Å². The number of hydrogen-bond acceptors (Lipinski definition) is 5. The van der Waals surface area contributed by atoms with Crippen LogP contribution in [0.25, 0.3) is 0 Å². The average Bonchev–Trinajstić information content (AvgIpc) is 2.92. The van der Waals surface area contributed by atoms with E-state index in [2.05, 4.69) is 5.32 Å². The summed E-state index contributed by atoms with van der Waals surface area (Å²) in [6, 6.07) is 18.2. The van der Waals surface area contributed by atoms with Crippen LogP contribution in [0.4, 0.5) is 5.69 Å². The van der Waals surface area contributed by atoms with Crippen molar-refractivity contribution in [1.82, 2.24) is 10.2 Å². The summed E-state index contributed by atoms with van der Waals surface area (Å²) in [5, 5.41) is 3.46. The topological polar surface area (TPSA) is 96.0 Å². The summed E-state index contributed by atoms with van der Waals surface area (Å²) in [4.78, 5) is 28.0. The molecule has 0 aliphatic heterocycles. The second-order valence-electron chi connectivity index (χ2n) is 8.58. The largest absolute Gasteiger partial charge is 0.494 e. The van der Waals surface area contributed by atoms with Gasteiger partial charge in [0.2, 0.25) is 11.8 Å². The highest BCUT2D eigenvalue weighted by molar-refractivity contribution is 7.92. The summed E-state index contributed by atoms with van der Waals surface area (Å²) in [5.41, 5.74) is 0.829.